The van der Waals surface area contributed by atoms with E-state index < -0.39 is 22.5 Å². The highest BCUT2D eigenvalue weighted by molar-refractivity contribution is 7.92. The number of carbonyl (C=O) groups excluding carboxylic acids is 1. The summed E-state index contributed by atoms with van der Waals surface area (Å²) in [4.78, 5) is 12.8. The van der Waals surface area contributed by atoms with E-state index >= 15 is 0 Å². The lowest BCUT2D eigenvalue weighted by Gasteiger charge is -2.25. The quantitative estimate of drug-likeness (QED) is 0.403. The van der Waals surface area contributed by atoms with E-state index in [1.165, 1.54) is 25.5 Å². The average Bonchev–Trinajstić information content (AvgIpc) is 2.79. The summed E-state index contributed by atoms with van der Waals surface area (Å²) in [5.41, 5.74) is 6.36. The molecule has 0 radical (unpaired) electrons. The maximum absolute atomic E-state index is 13.5. The molecule has 0 aliphatic carbocycles. The van der Waals surface area contributed by atoms with Crippen molar-refractivity contribution in [3.8, 4) is 5.75 Å². The normalized spacial score (nSPS) is 11.4. The Morgan fingerprint density at radius 1 is 0.939 bits per heavy atom. The molecule has 0 heterocycles. The number of amides is 1. The zero-order valence-corrected chi connectivity index (χ0v) is 19.9. The molecule has 0 unspecified atom stereocenters. The third-order valence-corrected chi connectivity index (χ3v) is 6.75. The minimum atomic E-state index is -4.06. The Hall–Kier alpha value is -3.65. The number of nitrogens with one attached hydrogen (secondary N) is 1. The van der Waals surface area contributed by atoms with Crippen LogP contribution in [0.2, 0.25) is 0 Å². The fourth-order valence-corrected chi connectivity index (χ4v) is 4.55. The van der Waals surface area contributed by atoms with E-state index in [1.54, 1.807) is 24.3 Å². The van der Waals surface area contributed by atoms with Crippen molar-refractivity contribution in [2.45, 2.75) is 25.7 Å². The standard InChI is InChI=1S/C25H27N3O4S/c1-18-5-10-21(11-6-18)16-26-27-25(29)17-28(23-15-20(3)9-14-24(23)32-4)33(30,31)22-12-7-19(2)8-13-22/h5-16H,17H2,1-4H3,(H,27,29)/b26-16-. The van der Waals surface area contributed by atoms with Crippen LogP contribution in [0.1, 0.15) is 22.3 Å². The number of aryl methyl sites for hydroxylation is 3. The molecule has 3 aromatic carbocycles. The van der Waals surface area contributed by atoms with Crippen LogP contribution in [0.5, 0.6) is 5.75 Å². The van der Waals surface area contributed by atoms with E-state index in [2.05, 4.69) is 10.5 Å². The Kier molecular flexibility index (Phi) is 7.50. The van der Waals surface area contributed by atoms with Gasteiger partial charge in [0.05, 0.1) is 23.9 Å². The van der Waals surface area contributed by atoms with Gasteiger partial charge in [0.2, 0.25) is 0 Å². The number of hydrazone groups is 1. The molecule has 0 fully saturated rings. The third-order valence-electron chi connectivity index (χ3n) is 4.98. The Morgan fingerprint density at radius 2 is 1.52 bits per heavy atom. The maximum atomic E-state index is 13.5. The second kappa shape index (κ2) is 10.3. The highest BCUT2D eigenvalue weighted by Crippen LogP contribution is 2.33. The van der Waals surface area contributed by atoms with Gasteiger partial charge in [0.1, 0.15) is 12.3 Å². The summed E-state index contributed by atoms with van der Waals surface area (Å²) in [7, 11) is -2.60. The first-order chi connectivity index (χ1) is 15.7. The van der Waals surface area contributed by atoms with Crippen LogP contribution in [-0.4, -0.2) is 34.2 Å². The Bertz CT molecular complexity index is 1250. The topological polar surface area (TPSA) is 88.1 Å². The van der Waals surface area contributed by atoms with Crippen LogP contribution in [0.4, 0.5) is 5.69 Å². The number of anilines is 1. The molecule has 1 amide bonds. The summed E-state index contributed by atoms with van der Waals surface area (Å²) >= 11 is 0. The smallest absolute Gasteiger partial charge is 0.264 e. The number of methoxy groups -OCH3 is 1. The summed E-state index contributed by atoms with van der Waals surface area (Å²) in [5, 5.41) is 3.97. The van der Waals surface area contributed by atoms with Crippen molar-refractivity contribution in [2.75, 3.05) is 18.0 Å². The monoisotopic (exact) mass is 465 g/mol. The maximum Gasteiger partial charge on any atom is 0.264 e. The fourth-order valence-electron chi connectivity index (χ4n) is 3.13. The predicted octanol–water partition coefficient (Wildman–Crippen LogP) is 3.97. The molecule has 3 rings (SSSR count). The first-order valence-electron chi connectivity index (χ1n) is 10.3. The Balaban J connectivity index is 1.92. The molecule has 0 atom stereocenters. The zero-order chi connectivity index (χ0) is 24.0. The van der Waals surface area contributed by atoms with Crippen LogP contribution in [0.3, 0.4) is 0 Å². The lowest BCUT2D eigenvalue weighted by Crippen LogP contribution is -2.39. The van der Waals surface area contributed by atoms with Gasteiger partial charge < -0.3 is 4.74 Å². The highest BCUT2D eigenvalue weighted by Gasteiger charge is 2.29. The SMILES string of the molecule is COc1ccc(C)cc1N(CC(=O)N/N=C\c1ccc(C)cc1)S(=O)(=O)c1ccc(C)cc1. The van der Waals surface area contributed by atoms with Gasteiger partial charge in [-0.05, 0) is 56.2 Å². The van der Waals surface area contributed by atoms with Gasteiger partial charge in [0.15, 0.2) is 0 Å². The van der Waals surface area contributed by atoms with Gasteiger partial charge in [-0.1, -0.05) is 53.6 Å². The Labute approximate surface area is 194 Å². The van der Waals surface area contributed by atoms with Gasteiger partial charge in [-0.3, -0.25) is 9.10 Å². The molecule has 0 aliphatic rings. The molecule has 8 heteroatoms. The molecule has 1 N–H and O–H groups in total. The average molecular weight is 466 g/mol. The number of rotatable bonds is 8. The van der Waals surface area contributed by atoms with Crippen LogP contribution >= 0.6 is 0 Å². The van der Waals surface area contributed by atoms with Crippen LogP contribution in [0, 0.1) is 20.8 Å². The van der Waals surface area contributed by atoms with Crippen LogP contribution in [0.25, 0.3) is 0 Å². The molecule has 33 heavy (non-hydrogen) atoms. The van der Waals surface area contributed by atoms with E-state index in [9.17, 15) is 13.2 Å². The van der Waals surface area contributed by atoms with E-state index in [4.69, 9.17) is 4.74 Å². The van der Waals surface area contributed by atoms with Crippen LogP contribution in [0.15, 0.2) is 76.7 Å². The molecule has 0 aliphatic heterocycles. The van der Waals surface area contributed by atoms with E-state index in [0.717, 1.165) is 26.6 Å². The molecule has 0 bridgehead atoms. The molecule has 0 saturated carbocycles. The van der Waals surface area contributed by atoms with Gasteiger partial charge in [-0.25, -0.2) is 13.8 Å². The molecular weight excluding hydrogens is 438 g/mol. The van der Waals surface area contributed by atoms with Crippen molar-refractivity contribution in [2.24, 2.45) is 5.10 Å². The number of benzene rings is 3. The second-order valence-electron chi connectivity index (χ2n) is 7.70. The van der Waals surface area contributed by atoms with Crippen molar-refractivity contribution >= 4 is 27.8 Å². The summed E-state index contributed by atoms with van der Waals surface area (Å²) in [6.07, 6.45) is 1.50. The van der Waals surface area contributed by atoms with Gasteiger partial charge >= 0.3 is 0 Å². The van der Waals surface area contributed by atoms with Crippen molar-refractivity contribution in [1.29, 1.82) is 0 Å². The van der Waals surface area contributed by atoms with Crippen LogP contribution in [-0.2, 0) is 14.8 Å². The van der Waals surface area contributed by atoms with E-state index in [1.807, 2.05) is 51.1 Å². The summed E-state index contributed by atoms with van der Waals surface area (Å²) in [6.45, 7) is 5.22. The molecule has 7 nitrogen and oxygen atoms in total. The third kappa shape index (κ3) is 5.98. The molecule has 0 spiro atoms. The number of hydrogen-bond acceptors (Lipinski definition) is 5. The molecule has 0 aromatic heterocycles. The van der Waals surface area contributed by atoms with Crippen molar-refractivity contribution in [3.63, 3.8) is 0 Å². The number of ether oxygens (including phenoxy) is 1. The molecule has 3 aromatic rings. The molecule has 172 valence electrons. The summed E-state index contributed by atoms with van der Waals surface area (Å²) < 4.78 is 33.5. The Morgan fingerprint density at radius 3 is 2.12 bits per heavy atom. The number of hydrogen-bond donors (Lipinski definition) is 1. The molecule has 0 saturated heterocycles. The first-order valence-corrected chi connectivity index (χ1v) is 11.8. The minimum Gasteiger partial charge on any atom is -0.495 e. The highest BCUT2D eigenvalue weighted by atomic mass is 32.2. The fraction of sp³-hybridized carbons (Fsp3) is 0.200. The largest absolute Gasteiger partial charge is 0.495 e. The number of carbonyl (C=O) groups is 1. The van der Waals surface area contributed by atoms with Crippen molar-refractivity contribution in [1.82, 2.24) is 5.43 Å². The number of sulfonamides is 1. The van der Waals surface area contributed by atoms with E-state index in [0.29, 0.717) is 5.75 Å². The van der Waals surface area contributed by atoms with Crippen molar-refractivity contribution < 1.29 is 17.9 Å². The number of nitrogens with zero attached hydrogens (tertiary/aromatic N) is 2. The summed E-state index contributed by atoms with van der Waals surface area (Å²) in [6, 6.07) is 19.2. The lowest BCUT2D eigenvalue weighted by atomic mass is 10.2. The van der Waals surface area contributed by atoms with Gasteiger partial charge in [-0.15, -0.1) is 0 Å². The van der Waals surface area contributed by atoms with Gasteiger partial charge in [0.25, 0.3) is 15.9 Å². The zero-order valence-electron chi connectivity index (χ0n) is 19.1. The summed E-state index contributed by atoms with van der Waals surface area (Å²) in [5.74, 6) is -0.246. The van der Waals surface area contributed by atoms with Crippen LogP contribution < -0.4 is 14.5 Å². The van der Waals surface area contributed by atoms with Gasteiger partial charge in [0, 0.05) is 0 Å². The van der Waals surface area contributed by atoms with Crippen molar-refractivity contribution in [3.05, 3.63) is 89.0 Å². The minimum absolute atomic E-state index is 0.0765. The predicted molar refractivity (Wildman–Crippen MR) is 130 cm³/mol. The van der Waals surface area contributed by atoms with E-state index in [-0.39, 0.29) is 10.6 Å². The van der Waals surface area contributed by atoms with Gasteiger partial charge in [-0.2, -0.15) is 5.10 Å². The first kappa shape index (κ1) is 24.0. The molecular formula is C25H27N3O4S. The second-order valence-corrected chi connectivity index (χ2v) is 9.57. The lowest BCUT2D eigenvalue weighted by molar-refractivity contribution is -0.119.